The van der Waals surface area contributed by atoms with Crippen LogP contribution in [-0.4, -0.2) is 48.2 Å². The summed E-state index contributed by atoms with van der Waals surface area (Å²) in [4.78, 5) is 24.1. The number of aromatic nitrogens is 7. The molecule has 31 heavy (non-hydrogen) atoms. The number of hydrogen-bond acceptors (Lipinski definition) is 6. The minimum Gasteiger partial charge on any atom is -0.368 e. The van der Waals surface area contributed by atoms with Crippen LogP contribution in [0.1, 0.15) is 24.8 Å². The van der Waals surface area contributed by atoms with Gasteiger partial charge >= 0.3 is 0 Å². The molecule has 0 saturated carbocycles. The Morgan fingerprint density at radius 3 is 2.74 bits per heavy atom. The van der Waals surface area contributed by atoms with Crippen molar-refractivity contribution in [3.8, 4) is 22.8 Å². The van der Waals surface area contributed by atoms with Gasteiger partial charge in [-0.1, -0.05) is 0 Å². The van der Waals surface area contributed by atoms with E-state index in [1.807, 2.05) is 30.9 Å². The molecule has 0 unspecified atom stereocenters. The minimum absolute atomic E-state index is 0.729. The van der Waals surface area contributed by atoms with Gasteiger partial charge in [0.2, 0.25) is 0 Å². The zero-order valence-electron chi connectivity index (χ0n) is 17.3. The normalized spacial score (nSPS) is 14.5. The fraction of sp³-hybridized carbons (Fsp3) is 0.261. The second-order valence-electron chi connectivity index (χ2n) is 8.07. The topological polar surface area (TPSA) is 99.3 Å². The summed E-state index contributed by atoms with van der Waals surface area (Å²) in [6, 6.07) is 4.04. The maximum absolute atomic E-state index is 4.95. The fourth-order valence-corrected chi connectivity index (χ4v) is 4.37. The lowest BCUT2D eigenvalue weighted by Gasteiger charge is -2.28. The number of imidazole rings is 1. The summed E-state index contributed by atoms with van der Waals surface area (Å²) in [6.07, 6.45) is 12.9. The zero-order valence-corrected chi connectivity index (χ0v) is 17.3. The van der Waals surface area contributed by atoms with Crippen molar-refractivity contribution in [1.29, 1.82) is 0 Å². The predicted octanol–water partition coefficient (Wildman–Crippen LogP) is 4.26. The summed E-state index contributed by atoms with van der Waals surface area (Å²) in [5.41, 5.74) is 7.62. The van der Waals surface area contributed by atoms with E-state index in [2.05, 4.69) is 48.0 Å². The van der Waals surface area contributed by atoms with Gasteiger partial charge in [0.25, 0.3) is 0 Å². The average Bonchev–Trinajstić information content (AvgIpc) is 3.43. The second-order valence-corrected chi connectivity index (χ2v) is 8.07. The Labute approximate surface area is 178 Å². The monoisotopic (exact) mass is 410 g/mol. The number of pyridine rings is 3. The first-order valence-electron chi connectivity index (χ1n) is 10.6. The highest BCUT2D eigenvalue weighted by atomic mass is 15.2. The van der Waals surface area contributed by atoms with Crippen LogP contribution >= 0.6 is 0 Å². The van der Waals surface area contributed by atoms with E-state index in [9.17, 15) is 0 Å². The minimum atomic E-state index is 0.729. The van der Waals surface area contributed by atoms with Crippen molar-refractivity contribution in [2.45, 2.75) is 26.2 Å². The SMILES string of the molecule is Cc1ccncc1-c1cc2c(-c3nc4c(N5CCCCC5)cncc4[nH]3)n[nH]c2cn1. The third-order valence-electron chi connectivity index (χ3n) is 6.06. The Balaban J connectivity index is 1.47. The first kappa shape index (κ1) is 18.0. The molecule has 0 bridgehead atoms. The molecule has 6 rings (SSSR count). The quantitative estimate of drug-likeness (QED) is 0.461. The molecule has 1 fully saturated rings. The number of rotatable bonds is 3. The molecule has 0 aromatic carbocycles. The molecule has 0 radical (unpaired) electrons. The fourth-order valence-electron chi connectivity index (χ4n) is 4.37. The van der Waals surface area contributed by atoms with Gasteiger partial charge in [-0.3, -0.25) is 20.1 Å². The van der Waals surface area contributed by atoms with Crippen LogP contribution < -0.4 is 4.90 Å². The maximum atomic E-state index is 4.95. The van der Waals surface area contributed by atoms with E-state index in [-0.39, 0.29) is 0 Å². The standard InChI is InChI=1S/C23H22N8/c1-14-5-6-24-10-16(14)17-9-15-18(12-26-17)29-30-21(15)23-27-19-11-25-13-20(22(19)28-23)31-7-3-2-4-8-31/h5-6,9-13H,2-4,7-8H2,1H3,(H,27,28)(H,29,30). The summed E-state index contributed by atoms with van der Waals surface area (Å²) in [6.45, 7) is 4.16. The Bertz CT molecular complexity index is 1390. The highest BCUT2D eigenvalue weighted by Crippen LogP contribution is 2.32. The van der Waals surface area contributed by atoms with Crippen molar-refractivity contribution < 1.29 is 0 Å². The van der Waals surface area contributed by atoms with E-state index in [1.54, 1.807) is 6.20 Å². The molecule has 0 aliphatic carbocycles. The highest BCUT2D eigenvalue weighted by molar-refractivity contribution is 5.96. The zero-order chi connectivity index (χ0) is 20.8. The number of fused-ring (bicyclic) bond motifs is 2. The number of H-pyrrole nitrogens is 2. The summed E-state index contributed by atoms with van der Waals surface area (Å²) in [5.74, 6) is 0.729. The van der Waals surface area contributed by atoms with E-state index in [0.717, 1.165) is 69.1 Å². The van der Waals surface area contributed by atoms with Gasteiger partial charge in [0.15, 0.2) is 5.82 Å². The second kappa shape index (κ2) is 7.16. The molecular formula is C23H22N8. The first-order valence-corrected chi connectivity index (χ1v) is 10.6. The van der Waals surface area contributed by atoms with E-state index in [1.165, 1.54) is 19.3 Å². The molecule has 6 heterocycles. The van der Waals surface area contributed by atoms with Crippen molar-refractivity contribution in [2.75, 3.05) is 18.0 Å². The Morgan fingerprint density at radius 1 is 0.968 bits per heavy atom. The molecular weight excluding hydrogens is 388 g/mol. The number of aromatic amines is 2. The van der Waals surface area contributed by atoms with Crippen LogP contribution in [0.2, 0.25) is 0 Å². The molecule has 0 amide bonds. The molecule has 2 N–H and O–H groups in total. The van der Waals surface area contributed by atoms with Crippen LogP contribution in [-0.2, 0) is 0 Å². The summed E-state index contributed by atoms with van der Waals surface area (Å²) in [5, 5.41) is 8.61. The highest BCUT2D eigenvalue weighted by Gasteiger charge is 2.19. The van der Waals surface area contributed by atoms with Gasteiger partial charge in [-0.05, 0) is 43.9 Å². The molecule has 0 spiro atoms. The summed E-state index contributed by atoms with van der Waals surface area (Å²) >= 11 is 0. The Kier molecular flexibility index (Phi) is 4.15. The lowest BCUT2D eigenvalue weighted by Crippen LogP contribution is -2.29. The van der Waals surface area contributed by atoms with Gasteiger partial charge in [0.05, 0.1) is 41.0 Å². The van der Waals surface area contributed by atoms with Crippen LogP contribution in [0, 0.1) is 6.92 Å². The molecule has 5 aromatic rings. The van der Waals surface area contributed by atoms with Crippen molar-refractivity contribution in [1.82, 2.24) is 35.1 Å². The van der Waals surface area contributed by atoms with Crippen LogP contribution in [0.15, 0.2) is 43.1 Å². The molecule has 154 valence electrons. The third kappa shape index (κ3) is 3.02. The third-order valence-corrected chi connectivity index (χ3v) is 6.06. The summed E-state index contributed by atoms with van der Waals surface area (Å²) < 4.78 is 0. The number of aryl methyl sites for hydroxylation is 1. The van der Waals surface area contributed by atoms with Gasteiger partial charge < -0.3 is 9.88 Å². The molecule has 1 aliphatic heterocycles. The van der Waals surface area contributed by atoms with Crippen molar-refractivity contribution in [3.63, 3.8) is 0 Å². The molecule has 5 aromatic heterocycles. The average molecular weight is 410 g/mol. The lowest BCUT2D eigenvalue weighted by atomic mass is 10.1. The molecule has 8 heteroatoms. The van der Waals surface area contributed by atoms with Crippen molar-refractivity contribution in [2.24, 2.45) is 0 Å². The van der Waals surface area contributed by atoms with E-state index >= 15 is 0 Å². The van der Waals surface area contributed by atoms with E-state index in [0.29, 0.717) is 0 Å². The summed E-state index contributed by atoms with van der Waals surface area (Å²) in [7, 11) is 0. The number of piperidine rings is 1. The maximum Gasteiger partial charge on any atom is 0.159 e. The first-order chi connectivity index (χ1) is 15.3. The molecule has 1 aliphatic rings. The Hall–Kier alpha value is -3.81. The van der Waals surface area contributed by atoms with E-state index in [4.69, 9.17) is 4.98 Å². The number of hydrogen-bond donors (Lipinski definition) is 2. The van der Waals surface area contributed by atoms with Crippen LogP contribution in [0.3, 0.4) is 0 Å². The van der Waals surface area contributed by atoms with Crippen LogP contribution in [0.5, 0.6) is 0 Å². The van der Waals surface area contributed by atoms with Gasteiger partial charge in [0, 0.05) is 36.4 Å². The van der Waals surface area contributed by atoms with Crippen LogP contribution in [0.25, 0.3) is 44.7 Å². The largest absolute Gasteiger partial charge is 0.368 e. The van der Waals surface area contributed by atoms with Crippen LogP contribution in [0.4, 0.5) is 5.69 Å². The van der Waals surface area contributed by atoms with Gasteiger partial charge in [-0.25, -0.2) is 4.98 Å². The van der Waals surface area contributed by atoms with Gasteiger partial charge in [0.1, 0.15) is 11.2 Å². The number of nitrogens with one attached hydrogen (secondary N) is 2. The number of anilines is 1. The molecule has 0 atom stereocenters. The Morgan fingerprint density at radius 2 is 1.87 bits per heavy atom. The lowest BCUT2D eigenvalue weighted by molar-refractivity contribution is 0.578. The predicted molar refractivity (Wildman–Crippen MR) is 121 cm³/mol. The van der Waals surface area contributed by atoms with Crippen molar-refractivity contribution >= 4 is 27.6 Å². The van der Waals surface area contributed by atoms with Gasteiger partial charge in [-0.15, -0.1) is 0 Å². The molecule has 1 saturated heterocycles. The van der Waals surface area contributed by atoms with Crippen molar-refractivity contribution in [3.05, 3.63) is 48.7 Å². The number of nitrogens with zero attached hydrogens (tertiary/aromatic N) is 6. The smallest absolute Gasteiger partial charge is 0.159 e. The van der Waals surface area contributed by atoms with Gasteiger partial charge in [-0.2, -0.15) is 5.10 Å². The van der Waals surface area contributed by atoms with E-state index < -0.39 is 0 Å². The molecule has 8 nitrogen and oxygen atoms in total.